The van der Waals surface area contributed by atoms with Crippen LogP contribution in [0.15, 0.2) is 39.9 Å². The van der Waals surface area contributed by atoms with Crippen LogP contribution in [0.25, 0.3) is 0 Å². The zero-order chi connectivity index (χ0) is 16.1. The number of methoxy groups -OCH3 is 2. The summed E-state index contributed by atoms with van der Waals surface area (Å²) >= 11 is 0. The molecule has 0 saturated carbocycles. The molecule has 2 aromatic rings. The van der Waals surface area contributed by atoms with Gasteiger partial charge in [-0.3, -0.25) is 4.79 Å². The van der Waals surface area contributed by atoms with Crippen LogP contribution in [-0.4, -0.2) is 25.8 Å². The molecular weight excluding hydrogens is 284 g/mol. The average molecular weight is 302 g/mol. The molecule has 0 aliphatic rings. The number of benzene rings is 1. The third-order valence-corrected chi connectivity index (χ3v) is 3.09. The van der Waals surface area contributed by atoms with E-state index in [4.69, 9.17) is 13.9 Å². The Morgan fingerprint density at radius 1 is 1.18 bits per heavy atom. The van der Waals surface area contributed by atoms with Crippen LogP contribution < -0.4 is 14.9 Å². The fourth-order valence-electron chi connectivity index (χ4n) is 1.90. The summed E-state index contributed by atoms with van der Waals surface area (Å²) in [4.78, 5) is 11.9. The third kappa shape index (κ3) is 3.46. The van der Waals surface area contributed by atoms with E-state index in [0.29, 0.717) is 23.0 Å². The van der Waals surface area contributed by atoms with Crippen LogP contribution in [0.5, 0.6) is 11.5 Å². The highest BCUT2D eigenvalue weighted by atomic mass is 16.5. The number of carbonyl (C=O) groups is 1. The van der Waals surface area contributed by atoms with Gasteiger partial charge in [0, 0.05) is 11.6 Å². The summed E-state index contributed by atoms with van der Waals surface area (Å²) in [6, 6.07) is 8.70. The smallest absolute Gasteiger partial charge is 0.307 e. The Morgan fingerprint density at radius 2 is 1.95 bits per heavy atom. The molecule has 0 atom stereocenters. The van der Waals surface area contributed by atoms with Gasteiger partial charge in [-0.25, -0.2) is 5.43 Å². The molecule has 0 spiro atoms. The quantitative estimate of drug-likeness (QED) is 0.681. The minimum atomic E-state index is -0.403. The minimum absolute atomic E-state index is 0.218. The van der Waals surface area contributed by atoms with Crippen LogP contribution in [0.1, 0.15) is 28.8 Å². The van der Waals surface area contributed by atoms with E-state index in [9.17, 15) is 4.79 Å². The normalized spacial score (nSPS) is 11.2. The van der Waals surface area contributed by atoms with Crippen molar-refractivity contribution in [3.05, 3.63) is 47.4 Å². The Hall–Kier alpha value is -2.76. The first-order chi connectivity index (χ1) is 10.5. The number of nitrogens with zero attached hydrogens (tertiary/aromatic N) is 1. The van der Waals surface area contributed by atoms with E-state index in [1.807, 2.05) is 6.07 Å². The number of carbonyl (C=O) groups excluding carboxylic acids is 1. The maximum Gasteiger partial charge on any atom is 0.307 e. The van der Waals surface area contributed by atoms with E-state index in [0.717, 1.165) is 5.56 Å². The Bertz CT molecular complexity index is 704. The first-order valence-corrected chi connectivity index (χ1v) is 6.68. The fourth-order valence-corrected chi connectivity index (χ4v) is 1.90. The van der Waals surface area contributed by atoms with E-state index >= 15 is 0 Å². The standard InChI is InChI=1S/C16H18N2O4/c1-10-5-8-14(22-10)16(19)18-17-11(2)13-7-6-12(20-3)9-15(13)21-4/h5-9H,1-4H3,(H,18,19)/b17-11-. The predicted octanol–water partition coefficient (Wildman–Crippen LogP) is 2.76. The molecule has 1 N–H and O–H groups in total. The number of hydrazone groups is 1. The molecule has 0 fully saturated rings. The average Bonchev–Trinajstić information content (AvgIpc) is 2.98. The van der Waals surface area contributed by atoms with Crippen LogP contribution in [0.4, 0.5) is 0 Å². The number of hydrogen-bond donors (Lipinski definition) is 1. The van der Waals surface area contributed by atoms with E-state index in [2.05, 4.69) is 10.5 Å². The highest BCUT2D eigenvalue weighted by Gasteiger charge is 2.11. The van der Waals surface area contributed by atoms with Crippen molar-refractivity contribution >= 4 is 11.6 Å². The molecule has 2 rings (SSSR count). The summed E-state index contributed by atoms with van der Waals surface area (Å²) in [5.74, 6) is 1.78. The maximum absolute atomic E-state index is 11.9. The molecule has 0 bridgehead atoms. The summed E-state index contributed by atoms with van der Waals surface area (Å²) in [7, 11) is 3.15. The molecule has 0 aliphatic heterocycles. The molecule has 6 heteroatoms. The van der Waals surface area contributed by atoms with Gasteiger partial charge in [-0.15, -0.1) is 0 Å². The van der Waals surface area contributed by atoms with Crippen molar-refractivity contribution in [2.75, 3.05) is 14.2 Å². The lowest BCUT2D eigenvalue weighted by Crippen LogP contribution is -2.18. The zero-order valence-electron chi connectivity index (χ0n) is 13.0. The SMILES string of the molecule is COc1ccc(/C(C)=N\NC(=O)c2ccc(C)o2)c(OC)c1. The molecule has 22 heavy (non-hydrogen) atoms. The van der Waals surface area contributed by atoms with Crippen LogP contribution in [0.2, 0.25) is 0 Å². The molecule has 1 aromatic carbocycles. The third-order valence-electron chi connectivity index (χ3n) is 3.09. The molecule has 0 unspecified atom stereocenters. The Kier molecular flexibility index (Phi) is 4.83. The maximum atomic E-state index is 11.9. The molecular formula is C16H18N2O4. The number of amides is 1. The summed E-state index contributed by atoms with van der Waals surface area (Å²) < 4.78 is 15.7. The zero-order valence-corrected chi connectivity index (χ0v) is 13.0. The molecule has 1 aromatic heterocycles. The lowest BCUT2D eigenvalue weighted by Gasteiger charge is -2.10. The molecule has 1 heterocycles. The number of ether oxygens (including phenoxy) is 2. The molecule has 0 aliphatic carbocycles. The lowest BCUT2D eigenvalue weighted by atomic mass is 10.1. The van der Waals surface area contributed by atoms with Crippen molar-refractivity contribution < 1.29 is 18.7 Å². The molecule has 0 radical (unpaired) electrons. The Labute approximate surface area is 128 Å². The van der Waals surface area contributed by atoms with Gasteiger partial charge in [0.2, 0.25) is 0 Å². The van der Waals surface area contributed by atoms with Gasteiger partial charge in [-0.2, -0.15) is 5.10 Å². The van der Waals surface area contributed by atoms with E-state index in [-0.39, 0.29) is 5.76 Å². The Balaban J connectivity index is 2.16. The lowest BCUT2D eigenvalue weighted by molar-refractivity contribution is 0.0926. The second-order valence-corrected chi connectivity index (χ2v) is 4.61. The van der Waals surface area contributed by atoms with Crippen molar-refractivity contribution in [1.29, 1.82) is 0 Å². The van der Waals surface area contributed by atoms with E-state index in [1.165, 1.54) is 0 Å². The van der Waals surface area contributed by atoms with Crippen LogP contribution in [-0.2, 0) is 0 Å². The van der Waals surface area contributed by atoms with Crippen LogP contribution >= 0.6 is 0 Å². The van der Waals surface area contributed by atoms with Gasteiger partial charge in [0.15, 0.2) is 5.76 Å². The first kappa shape index (κ1) is 15.6. The molecule has 116 valence electrons. The molecule has 6 nitrogen and oxygen atoms in total. The van der Waals surface area contributed by atoms with Gasteiger partial charge < -0.3 is 13.9 Å². The van der Waals surface area contributed by atoms with Gasteiger partial charge in [0.05, 0.1) is 19.9 Å². The topological polar surface area (TPSA) is 73.1 Å². The molecule has 0 saturated heterocycles. The van der Waals surface area contributed by atoms with Gasteiger partial charge in [-0.05, 0) is 38.1 Å². The fraction of sp³-hybridized carbons (Fsp3) is 0.250. The highest BCUT2D eigenvalue weighted by molar-refractivity contribution is 6.02. The number of furan rings is 1. The number of hydrogen-bond acceptors (Lipinski definition) is 5. The number of aryl methyl sites for hydroxylation is 1. The first-order valence-electron chi connectivity index (χ1n) is 6.68. The summed E-state index contributed by atoms with van der Waals surface area (Å²) in [5, 5.41) is 4.08. The summed E-state index contributed by atoms with van der Waals surface area (Å²) in [6.07, 6.45) is 0. The van der Waals surface area contributed by atoms with Crippen molar-refractivity contribution in [3.63, 3.8) is 0 Å². The predicted molar refractivity (Wildman–Crippen MR) is 82.7 cm³/mol. The van der Waals surface area contributed by atoms with E-state index < -0.39 is 5.91 Å². The second-order valence-electron chi connectivity index (χ2n) is 4.61. The van der Waals surface area contributed by atoms with Gasteiger partial charge in [0.25, 0.3) is 0 Å². The van der Waals surface area contributed by atoms with Crippen LogP contribution in [0, 0.1) is 6.92 Å². The number of nitrogens with one attached hydrogen (secondary N) is 1. The van der Waals surface area contributed by atoms with Gasteiger partial charge >= 0.3 is 5.91 Å². The molecule has 1 amide bonds. The summed E-state index contributed by atoms with van der Waals surface area (Å²) in [6.45, 7) is 3.55. The Morgan fingerprint density at radius 3 is 2.55 bits per heavy atom. The van der Waals surface area contributed by atoms with Crippen LogP contribution in [0.3, 0.4) is 0 Å². The largest absolute Gasteiger partial charge is 0.497 e. The van der Waals surface area contributed by atoms with Gasteiger partial charge in [-0.1, -0.05) is 0 Å². The van der Waals surface area contributed by atoms with E-state index in [1.54, 1.807) is 52.3 Å². The highest BCUT2D eigenvalue weighted by Crippen LogP contribution is 2.25. The van der Waals surface area contributed by atoms with Crippen molar-refractivity contribution in [2.45, 2.75) is 13.8 Å². The van der Waals surface area contributed by atoms with Gasteiger partial charge in [0.1, 0.15) is 17.3 Å². The monoisotopic (exact) mass is 302 g/mol. The number of rotatable bonds is 5. The minimum Gasteiger partial charge on any atom is -0.497 e. The van der Waals surface area contributed by atoms with Crippen molar-refractivity contribution in [3.8, 4) is 11.5 Å². The second kappa shape index (κ2) is 6.80. The van der Waals surface area contributed by atoms with Crippen molar-refractivity contribution in [2.24, 2.45) is 5.10 Å². The summed E-state index contributed by atoms with van der Waals surface area (Å²) in [5.41, 5.74) is 3.83. The van der Waals surface area contributed by atoms with Crippen molar-refractivity contribution in [1.82, 2.24) is 5.43 Å².